The highest BCUT2D eigenvalue weighted by Gasteiger charge is 2.31. The number of rotatable bonds is 7. The SMILES string of the molecule is NC(=O)C(N1CCOCC1)n1ncc2c(C(=O)O)cc(-c3cnc(NC(=O)Nc4cccc(Cl)c4)s3)nc21. The number of primary amides is 1. The van der Waals surface area contributed by atoms with Crippen LogP contribution in [0.15, 0.2) is 42.7 Å². The Hall–Kier alpha value is -4.11. The second-order valence-corrected chi connectivity index (χ2v) is 9.70. The molecule has 1 unspecified atom stereocenters. The van der Waals surface area contributed by atoms with Crippen LogP contribution < -0.4 is 16.4 Å². The van der Waals surface area contributed by atoms with E-state index in [4.69, 9.17) is 22.1 Å². The number of nitrogens with two attached hydrogens (primary N) is 1. The summed E-state index contributed by atoms with van der Waals surface area (Å²) in [5.74, 6) is -1.85. The van der Waals surface area contributed by atoms with Crippen LogP contribution in [0.4, 0.5) is 15.6 Å². The van der Waals surface area contributed by atoms with E-state index in [-0.39, 0.29) is 27.4 Å². The summed E-state index contributed by atoms with van der Waals surface area (Å²) in [6.07, 6.45) is 1.84. The molecule has 0 radical (unpaired) electrons. The number of nitrogens with one attached hydrogen (secondary N) is 2. The molecule has 0 bridgehead atoms. The van der Waals surface area contributed by atoms with Crippen LogP contribution >= 0.6 is 22.9 Å². The molecule has 5 rings (SSSR count). The number of hydrogen-bond acceptors (Lipinski definition) is 9. The third-order valence-corrected chi connectivity index (χ3v) is 6.91. The Balaban J connectivity index is 1.46. The molecule has 1 atom stereocenters. The lowest BCUT2D eigenvalue weighted by Crippen LogP contribution is -2.47. The van der Waals surface area contributed by atoms with E-state index in [1.807, 2.05) is 0 Å². The molecule has 4 aromatic rings. The van der Waals surface area contributed by atoms with E-state index in [1.165, 1.54) is 23.1 Å². The zero-order valence-electron chi connectivity index (χ0n) is 19.6. The number of morpholine rings is 1. The number of ether oxygens (including phenoxy) is 1. The lowest BCUT2D eigenvalue weighted by Gasteiger charge is -2.32. The van der Waals surface area contributed by atoms with E-state index in [2.05, 4.69) is 25.7 Å². The summed E-state index contributed by atoms with van der Waals surface area (Å²) in [4.78, 5) is 48.0. The van der Waals surface area contributed by atoms with E-state index < -0.39 is 24.1 Å². The fraction of sp³-hybridized carbons (Fsp3) is 0.217. The molecular formula is C23H21ClN8O5S. The van der Waals surface area contributed by atoms with Crippen molar-refractivity contribution in [2.45, 2.75) is 6.17 Å². The van der Waals surface area contributed by atoms with Crippen LogP contribution in [0.5, 0.6) is 0 Å². The maximum absolute atomic E-state index is 12.4. The maximum atomic E-state index is 12.4. The van der Waals surface area contributed by atoms with Crippen molar-refractivity contribution in [2.24, 2.45) is 5.73 Å². The highest BCUT2D eigenvalue weighted by molar-refractivity contribution is 7.19. The van der Waals surface area contributed by atoms with Crippen molar-refractivity contribution >= 4 is 62.7 Å². The first kappa shape index (κ1) is 25.5. The van der Waals surface area contributed by atoms with Crippen molar-refractivity contribution in [3.05, 3.63) is 53.3 Å². The van der Waals surface area contributed by atoms with Crippen LogP contribution in [0, 0.1) is 0 Å². The number of nitrogens with zero attached hydrogens (tertiary/aromatic N) is 5. The first-order chi connectivity index (χ1) is 18.3. The number of benzene rings is 1. The number of carbonyl (C=O) groups excluding carboxylic acids is 2. The number of aromatic carboxylic acids is 1. The lowest BCUT2D eigenvalue weighted by atomic mass is 10.1. The van der Waals surface area contributed by atoms with Gasteiger partial charge in [0.15, 0.2) is 16.9 Å². The van der Waals surface area contributed by atoms with Gasteiger partial charge in [-0.3, -0.25) is 15.0 Å². The lowest BCUT2D eigenvalue weighted by molar-refractivity contribution is -0.129. The van der Waals surface area contributed by atoms with Crippen LogP contribution in [0.1, 0.15) is 16.5 Å². The van der Waals surface area contributed by atoms with Crippen molar-refractivity contribution in [1.82, 2.24) is 24.6 Å². The first-order valence-electron chi connectivity index (χ1n) is 11.3. The normalized spacial score (nSPS) is 14.8. The summed E-state index contributed by atoms with van der Waals surface area (Å²) in [6, 6.07) is 7.54. The van der Waals surface area contributed by atoms with Crippen molar-refractivity contribution in [3.63, 3.8) is 0 Å². The van der Waals surface area contributed by atoms with Crippen molar-refractivity contribution < 1.29 is 24.2 Å². The predicted octanol–water partition coefficient (Wildman–Crippen LogP) is 2.87. The molecule has 3 amide bonds. The van der Waals surface area contributed by atoms with Gasteiger partial charge in [-0.15, -0.1) is 0 Å². The Morgan fingerprint density at radius 3 is 2.66 bits per heavy atom. The molecule has 1 aliphatic rings. The topological polar surface area (TPSA) is 178 Å². The van der Waals surface area contributed by atoms with Gasteiger partial charge < -0.3 is 20.9 Å². The molecule has 13 nitrogen and oxygen atoms in total. The third-order valence-electron chi connectivity index (χ3n) is 5.74. The van der Waals surface area contributed by atoms with E-state index in [0.29, 0.717) is 41.9 Å². The van der Waals surface area contributed by atoms with E-state index in [1.54, 1.807) is 29.2 Å². The molecule has 3 aromatic heterocycles. The summed E-state index contributed by atoms with van der Waals surface area (Å²) >= 11 is 7.04. The fourth-order valence-electron chi connectivity index (χ4n) is 4.05. The van der Waals surface area contributed by atoms with E-state index in [9.17, 15) is 19.5 Å². The number of aromatic nitrogens is 4. The number of urea groups is 1. The summed E-state index contributed by atoms with van der Waals surface area (Å²) in [5.41, 5.74) is 6.63. The van der Waals surface area contributed by atoms with Gasteiger partial charge in [-0.2, -0.15) is 5.10 Å². The van der Waals surface area contributed by atoms with Crippen molar-refractivity contribution in [3.8, 4) is 10.6 Å². The molecule has 0 aliphatic carbocycles. The minimum absolute atomic E-state index is 0.0527. The summed E-state index contributed by atoms with van der Waals surface area (Å²) in [7, 11) is 0. The van der Waals surface area contributed by atoms with E-state index >= 15 is 0 Å². The quantitative estimate of drug-likeness (QED) is 0.266. The van der Waals surface area contributed by atoms with Crippen LogP contribution in [-0.4, -0.2) is 74.0 Å². The van der Waals surface area contributed by atoms with Crippen molar-refractivity contribution in [1.29, 1.82) is 0 Å². The molecule has 1 fully saturated rings. The van der Waals surface area contributed by atoms with Crippen LogP contribution in [0.3, 0.4) is 0 Å². The number of fused-ring (bicyclic) bond motifs is 1. The minimum Gasteiger partial charge on any atom is -0.478 e. The number of carboxylic acids is 1. The van der Waals surface area contributed by atoms with Gasteiger partial charge in [0, 0.05) is 30.0 Å². The van der Waals surface area contributed by atoms with E-state index in [0.717, 1.165) is 11.3 Å². The van der Waals surface area contributed by atoms with Gasteiger partial charge >= 0.3 is 12.0 Å². The molecule has 196 valence electrons. The van der Waals surface area contributed by atoms with Gasteiger partial charge in [-0.05, 0) is 24.3 Å². The molecular weight excluding hydrogens is 536 g/mol. The van der Waals surface area contributed by atoms with Gasteiger partial charge in [0.05, 0.1) is 40.9 Å². The molecule has 5 N–H and O–H groups in total. The van der Waals surface area contributed by atoms with Crippen molar-refractivity contribution in [2.75, 3.05) is 36.9 Å². The number of carboxylic acid groups (broad SMARTS) is 1. The maximum Gasteiger partial charge on any atom is 0.336 e. The minimum atomic E-state index is -1.19. The number of pyridine rings is 1. The zero-order valence-corrected chi connectivity index (χ0v) is 21.2. The number of amides is 3. The number of hydrogen-bond donors (Lipinski definition) is 4. The Bertz CT molecular complexity index is 1530. The second-order valence-electron chi connectivity index (χ2n) is 8.23. The number of halogens is 1. The Morgan fingerprint density at radius 2 is 1.95 bits per heavy atom. The van der Waals surface area contributed by atoms with Crippen LogP contribution in [-0.2, 0) is 9.53 Å². The average Bonchev–Trinajstić information content (AvgIpc) is 3.51. The van der Waals surface area contributed by atoms with Crippen LogP contribution in [0.25, 0.3) is 21.6 Å². The largest absolute Gasteiger partial charge is 0.478 e. The monoisotopic (exact) mass is 556 g/mol. The summed E-state index contributed by atoms with van der Waals surface area (Å²) in [5, 5.41) is 20.4. The fourth-order valence-corrected chi connectivity index (χ4v) is 5.02. The molecule has 1 saturated heterocycles. The molecule has 0 spiro atoms. The van der Waals surface area contributed by atoms with Gasteiger partial charge in [0.1, 0.15) is 0 Å². The standard InChI is InChI=1S/C23H21ClN8O5S/c24-12-2-1-3-13(8-12)28-22(36)30-23-26-11-17(38-23)16-9-14(21(34)35)15-10-27-32(19(15)29-16)20(18(25)33)31-4-6-37-7-5-31/h1-3,8-11,20H,4-7H2,(H2,25,33)(H,34,35)(H2,26,28,30,36). The highest BCUT2D eigenvalue weighted by Crippen LogP contribution is 2.32. The average molecular weight is 557 g/mol. The van der Waals surface area contributed by atoms with Gasteiger partial charge in [0.2, 0.25) is 0 Å². The molecule has 38 heavy (non-hydrogen) atoms. The molecule has 1 aliphatic heterocycles. The second kappa shape index (κ2) is 10.7. The van der Waals surface area contributed by atoms with Crippen LogP contribution in [0.2, 0.25) is 5.02 Å². The first-order valence-corrected chi connectivity index (χ1v) is 12.5. The van der Waals surface area contributed by atoms with Gasteiger partial charge in [-0.1, -0.05) is 29.0 Å². The number of thiazole rings is 1. The molecule has 0 saturated carbocycles. The predicted molar refractivity (Wildman–Crippen MR) is 140 cm³/mol. The Kier molecular flexibility index (Phi) is 7.20. The number of carbonyl (C=O) groups is 3. The Labute approximate surface area is 224 Å². The Morgan fingerprint density at radius 1 is 1.16 bits per heavy atom. The molecule has 1 aromatic carbocycles. The zero-order chi connectivity index (χ0) is 26.8. The number of anilines is 2. The third kappa shape index (κ3) is 5.28. The van der Waals surface area contributed by atoms with Gasteiger partial charge in [0.25, 0.3) is 5.91 Å². The molecule has 4 heterocycles. The highest BCUT2D eigenvalue weighted by atomic mass is 35.5. The summed E-state index contributed by atoms with van der Waals surface area (Å²) in [6.45, 7) is 1.73. The van der Waals surface area contributed by atoms with Gasteiger partial charge in [-0.25, -0.2) is 24.2 Å². The molecule has 15 heteroatoms. The summed E-state index contributed by atoms with van der Waals surface area (Å²) < 4.78 is 6.70. The smallest absolute Gasteiger partial charge is 0.336 e.